The van der Waals surface area contributed by atoms with Gasteiger partial charge < -0.3 is 30.8 Å². The van der Waals surface area contributed by atoms with Gasteiger partial charge in [0.2, 0.25) is 0 Å². The molecule has 5 rings (SSSR count). The van der Waals surface area contributed by atoms with Crippen LogP contribution >= 0.6 is 0 Å². The number of nitrogen functional groups attached to an aromatic ring is 1. The molecule has 0 radical (unpaired) electrons. The number of anilines is 2. The predicted molar refractivity (Wildman–Crippen MR) is 140 cm³/mol. The topological polar surface area (TPSA) is 141 Å². The molecule has 0 bridgehead atoms. The van der Waals surface area contributed by atoms with E-state index in [-0.39, 0.29) is 42.3 Å². The molecular weight excluding hydrogens is 551 g/mol. The summed E-state index contributed by atoms with van der Waals surface area (Å²) in [5.74, 6) is 0.188. The van der Waals surface area contributed by atoms with Crippen molar-refractivity contribution >= 4 is 22.7 Å². The molecule has 41 heavy (non-hydrogen) atoms. The summed E-state index contributed by atoms with van der Waals surface area (Å²) in [6.07, 6.45) is -5.12. The minimum Gasteiger partial charge on any atom is -0.497 e. The summed E-state index contributed by atoms with van der Waals surface area (Å²) in [4.78, 5) is 18.5. The molecule has 15 heteroatoms. The van der Waals surface area contributed by atoms with Crippen LogP contribution in [0.2, 0.25) is 0 Å². The lowest BCUT2D eigenvalue weighted by Crippen LogP contribution is -2.63. The van der Waals surface area contributed by atoms with E-state index < -0.39 is 29.8 Å². The Labute approximate surface area is 230 Å². The molecule has 1 aromatic carbocycles. The van der Waals surface area contributed by atoms with Crippen molar-refractivity contribution in [3.63, 3.8) is 0 Å². The van der Waals surface area contributed by atoms with E-state index >= 15 is 0 Å². The molecule has 10 nitrogen and oxygen atoms in total. The van der Waals surface area contributed by atoms with E-state index in [1.165, 1.54) is 44.2 Å². The molecule has 1 aliphatic heterocycles. The van der Waals surface area contributed by atoms with E-state index in [1.54, 1.807) is 9.47 Å². The van der Waals surface area contributed by atoms with Crippen LogP contribution in [0.5, 0.6) is 5.75 Å². The van der Waals surface area contributed by atoms with Gasteiger partial charge in [-0.1, -0.05) is 0 Å². The second-order valence-electron chi connectivity index (χ2n) is 9.95. The first-order valence-electron chi connectivity index (χ1n) is 12.6. The standard InChI is InChI=1S/C26H27F5N8O2/c1-41-15-3-4-16(17(8-15)26(29,30)31)18-7-14(10-39-13-37-20-23(32)35-12-36-24(20)39)19(9-34-18)38-6-2-5-25(33,11-38)21(40)22(27)28/h3-4,7-9,12-13,21-22,40H,2,5-6,10-11,33H2,1H3,(H2,32,35,36). The average molecular weight is 579 g/mol. The molecule has 4 aromatic rings. The summed E-state index contributed by atoms with van der Waals surface area (Å²) in [6, 6.07) is 5.08. The summed E-state index contributed by atoms with van der Waals surface area (Å²) in [6.45, 7) is 0.350. The summed E-state index contributed by atoms with van der Waals surface area (Å²) in [5.41, 5.74) is 11.2. The van der Waals surface area contributed by atoms with Gasteiger partial charge in [0.1, 0.15) is 23.7 Å². The van der Waals surface area contributed by atoms with Crippen LogP contribution in [0.4, 0.5) is 33.5 Å². The number of rotatable bonds is 7. The largest absolute Gasteiger partial charge is 0.497 e. The van der Waals surface area contributed by atoms with Crippen molar-refractivity contribution in [3.05, 3.63) is 54.2 Å². The summed E-state index contributed by atoms with van der Waals surface area (Å²) in [7, 11) is 1.27. The van der Waals surface area contributed by atoms with Crippen molar-refractivity contribution in [1.82, 2.24) is 24.5 Å². The third-order valence-electron chi connectivity index (χ3n) is 7.27. The molecule has 2 unspecified atom stereocenters. The molecule has 0 spiro atoms. The Balaban J connectivity index is 1.63. The fourth-order valence-electron chi connectivity index (χ4n) is 5.17. The van der Waals surface area contributed by atoms with Gasteiger partial charge in [0.15, 0.2) is 11.5 Å². The number of halogens is 5. The third kappa shape index (κ3) is 5.46. The Morgan fingerprint density at radius 1 is 1.15 bits per heavy atom. The quantitative estimate of drug-likeness (QED) is 0.281. The molecule has 1 saturated heterocycles. The van der Waals surface area contributed by atoms with Crippen molar-refractivity contribution in [3.8, 4) is 17.0 Å². The van der Waals surface area contributed by atoms with Crippen LogP contribution < -0.4 is 21.1 Å². The van der Waals surface area contributed by atoms with Gasteiger partial charge in [0.05, 0.1) is 48.7 Å². The van der Waals surface area contributed by atoms with Crippen molar-refractivity contribution in [2.24, 2.45) is 5.73 Å². The van der Waals surface area contributed by atoms with Gasteiger partial charge in [-0.05, 0) is 42.7 Å². The molecule has 4 heterocycles. The van der Waals surface area contributed by atoms with E-state index in [2.05, 4.69) is 19.9 Å². The highest BCUT2D eigenvalue weighted by atomic mass is 19.4. The molecule has 0 saturated carbocycles. The molecule has 2 atom stereocenters. The maximum Gasteiger partial charge on any atom is 0.417 e. The summed E-state index contributed by atoms with van der Waals surface area (Å²) in [5, 5.41) is 10.2. The number of aliphatic hydroxyl groups is 1. The molecule has 3 aromatic heterocycles. The number of hydrogen-bond donors (Lipinski definition) is 3. The Hall–Kier alpha value is -4.11. The average Bonchev–Trinajstić information content (AvgIpc) is 3.35. The number of methoxy groups -OCH3 is 1. The number of fused-ring (bicyclic) bond motifs is 1. The highest BCUT2D eigenvalue weighted by Gasteiger charge is 2.43. The SMILES string of the molecule is COc1ccc(-c2cc(Cn3cnc4c(N)ncnc43)c(N3CCCC(N)(C(O)C(F)F)C3)cn2)c(C(F)(F)F)c1. The molecule has 1 fully saturated rings. The van der Waals surface area contributed by atoms with E-state index in [4.69, 9.17) is 16.2 Å². The van der Waals surface area contributed by atoms with Gasteiger partial charge in [-0.25, -0.2) is 23.7 Å². The summed E-state index contributed by atoms with van der Waals surface area (Å²) >= 11 is 0. The Morgan fingerprint density at radius 2 is 1.93 bits per heavy atom. The van der Waals surface area contributed by atoms with Crippen molar-refractivity contribution in [1.29, 1.82) is 0 Å². The molecular formula is C26H27F5N8O2. The van der Waals surface area contributed by atoms with E-state index in [1.807, 2.05) is 0 Å². The third-order valence-corrected chi connectivity index (χ3v) is 7.27. The zero-order valence-corrected chi connectivity index (χ0v) is 21.8. The number of benzene rings is 1. The molecule has 5 N–H and O–H groups in total. The minimum absolute atomic E-state index is 0.0286. The number of pyridine rings is 1. The first-order chi connectivity index (χ1) is 19.4. The van der Waals surface area contributed by atoms with Crippen LogP contribution in [-0.2, 0) is 12.7 Å². The summed E-state index contributed by atoms with van der Waals surface area (Å²) < 4.78 is 75.6. The number of aliphatic hydroxyl groups excluding tert-OH is 1. The number of nitrogens with two attached hydrogens (primary N) is 2. The molecule has 0 aliphatic carbocycles. The van der Waals surface area contributed by atoms with Gasteiger partial charge >= 0.3 is 6.18 Å². The minimum atomic E-state index is -4.70. The van der Waals surface area contributed by atoms with Crippen LogP contribution in [0, 0.1) is 0 Å². The number of piperidine rings is 1. The maximum atomic E-state index is 14.0. The van der Waals surface area contributed by atoms with E-state index in [0.717, 1.165) is 6.07 Å². The van der Waals surface area contributed by atoms with Crippen LogP contribution in [0.3, 0.4) is 0 Å². The number of alkyl halides is 5. The Bertz CT molecular complexity index is 1560. The second kappa shape index (κ2) is 10.7. The van der Waals surface area contributed by atoms with Gasteiger partial charge in [-0.15, -0.1) is 0 Å². The van der Waals surface area contributed by atoms with Crippen LogP contribution in [-0.4, -0.2) is 67.9 Å². The number of hydrogen-bond acceptors (Lipinski definition) is 9. The zero-order chi connectivity index (χ0) is 29.5. The number of nitrogens with zero attached hydrogens (tertiary/aromatic N) is 6. The lowest BCUT2D eigenvalue weighted by atomic mass is 9.84. The molecule has 1 aliphatic rings. The van der Waals surface area contributed by atoms with Crippen LogP contribution in [0.25, 0.3) is 22.4 Å². The number of aromatic nitrogens is 5. The smallest absolute Gasteiger partial charge is 0.417 e. The van der Waals surface area contributed by atoms with Gasteiger partial charge in [0, 0.05) is 18.7 Å². The lowest BCUT2D eigenvalue weighted by Gasteiger charge is -2.44. The highest BCUT2D eigenvalue weighted by molar-refractivity contribution is 5.81. The van der Waals surface area contributed by atoms with Crippen molar-refractivity contribution in [2.45, 2.75) is 43.6 Å². The fourth-order valence-corrected chi connectivity index (χ4v) is 5.17. The van der Waals surface area contributed by atoms with Crippen molar-refractivity contribution < 1.29 is 31.8 Å². The zero-order valence-electron chi connectivity index (χ0n) is 21.8. The van der Waals surface area contributed by atoms with Gasteiger partial charge in [-0.2, -0.15) is 13.2 Å². The van der Waals surface area contributed by atoms with Gasteiger partial charge in [0.25, 0.3) is 6.43 Å². The number of imidazole rings is 1. The molecule has 218 valence electrons. The van der Waals surface area contributed by atoms with E-state index in [9.17, 15) is 27.1 Å². The highest BCUT2D eigenvalue weighted by Crippen LogP contribution is 2.40. The van der Waals surface area contributed by atoms with Crippen molar-refractivity contribution in [2.75, 3.05) is 30.8 Å². The second-order valence-corrected chi connectivity index (χ2v) is 9.95. The number of ether oxygens (including phenoxy) is 1. The fraction of sp³-hybridized carbons (Fsp3) is 0.385. The van der Waals surface area contributed by atoms with Gasteiger partial charge in [-0.3, -0.25) is 4.98 Å². The molecule has 0 amide bonds. The predicted octanol–water partition coefficient (Wildman–Crippen LogP) is 3.47. The monoisotopic (exact) mass is 578 g/mol. The first-order valence-corrected chi connectivity index (χ1v) is 12.6. The lowest BCUT2D eigenvalue weighted by molar-refractivity contribution is -0.137. The first kappa shape index (κ1) is 28.4. The van der Waals surface area contributed by atoms with Crippen LogP contribution in [0.15, 0.2) is 43.1 Å². The maximum absolute atomic E-state index is 14.0. The normalized spacial score (nSPS) is 18.7. The van der Waals surface area contributed by atoms with Crippen LogP contribution in [0.1, 0.15) is 24.0 Å². The Morgan fingerprint density at radius 3 is 2.63 bits per heavy atom. The van der Waals surface area contributed by atoms with E-state index in [0.29, 0.717) is 35.4 Å². The Kier molecular flexibility index (Phi) is 7.42.